The number of esters is 2. The molecule has 0 atom stereocenters. The maximum absolute atomic E-state index is 13.6. The van der Waals surface area contributed by atoms with E-state index in [1.807, 2.05) is 24.3 Å². The van der Waals surface area contributed by atoms with Gasteiger partial charge in [0, 0.05) is 61.0 Å². The lowest BCUT2D eigenvalue weighted by atomic mass is 10.00. The molecule has 0 unspecified atom stereocenters. The zero-order chi connectivity index (χ0) is 90.4. The third kappa shape index (κ3) is 17.1. The molecule has 8 amide bonds. The molecule has 0 radical (unpaired) electrons. The van der Waals surface area contributed by atoms with Gasteiger partial charge in [0.25, 0.3) is 64.3 Å². The Kier molecular flexibility index (Phi) is 24.2. The molecule has 19 rings (SSSR count). The van der Waals surface area contributed by atoms with Crippen LogP contribution in [0.4, 0.5) is 62.6 Å². The largest absolute Gasteiger partial charge is 0.399 e. The number of halogens is 6. The van der Waals surface area contributed by atoms with Crippen molar-refractivity contribution in [3.8, 4) is 55.6 Å². The summed E-state index contributed by atoms with van der Waals surface area (Å²) in [5.41, 5.74) is 32.7. The van der Waals surface area contributed by atoms with Crippen molar-refractivity contribution >= 4 is 191 Å². The fourth-order valence-electron chi connectivity index (χ4n) is 14.3. The predicted molar refractivity (Wildman–Crippen MR) is 481 cm³/mol. The van der Waals surface area contributed by atoms with Gasteiger partial charge in [0.15, 0.2) is 0 Å². The molecule has 127 heavy (non-hydrogen) atoms. The van der Waals surface area contributed by atoms with E-state index in [4.69, 9.17) is 97.3 Å². The summed E-state index contributed by atoms with van der Waals surface area (Å²) in [5.74, 6) is -6.35. The summed E-state index contributed by atoms with van der Waals surface area (Å²) in [6.45, 7) is 2.00. The van der Waals surface area contributed by atoms with Gasteiger partial charge in [0.1, 0.15) is 0 Å². The van der Waals surface area contributed by atoms with Crippen LogP contribution in [0.3, 0.4) is 0 Å². The third-order valence-electron chi connectivity index (χ3n) is 20.9. The lowest BCUT2D eigenvalue weighted by Gasteiger charge is -2.20. The number of benzene rings is 13. The maximum Gasteiger partial charge on any atom is 0.346 e. The van der Waals surface area contributed by atoms with Crippen LogP contribution in [0.15, 0.2) is 249 Å². The molecular formula is C92H57Cl6N11O18. The minimum absolute atomic E-state index is 0.00972. The van der Waals surface area contributed by atoms with E-state index < -0.39 is 74.0 Å². The molecule has 35 heteroatoms. The Morgan fingerprint density at radius 2 is 0.465 bits per heavy atom. The van der Waals surface area contributed by atoms with Gasteiger partial charge in [-0.1, -0.05) is 124 Å². The number of hydrogen-bond donors (Lipinski definition) is 4. The Morgan fingerprint density at radius 1 is 0.252 bits per heavy atom. The van der Waals surface area contributed by atoms with Crippen molar-refractivity contribution in [2.75, 3.05) is 55.7 Å². The number of non-ortho nitro benzene ring substituents is 3. The third-order valence-corrected chi connectivity index (χ3v) is 22.7. The number of nitro benzene ring substituents is 3. The number of carbonyl (C=O) groups excluding carboxylic acids is 10. The Bertz CT molecular complexity index is 6570. The van der Waals surface area contributed by atoms with Crippen molar-refractivity contribution in [2.24, 2.45) is 0 Å². The Morgan fingerprint density at radius 3 is 0.701 bits per heavy atom. The molecule has 29 nitrogen and oxygen atoms in total. The highest BCUT2D eigenvalue weighted by molar-refractivity contribution is 6.46. The highest BCUT2D eigenvalue weighted by Gasteiger charge is 2.44. The summed E-state index contributed by atoms with van der Waals surface area (Å²) in [5, 5.41) is 33.1. The first-order chi connectivity index (χ1) is 60.7. The van der Waals surface area contributed by atoms with E-state index in [0.717, 1.165) is 55.1 Å². The summed E-state index contributed by atoms with van der Waals surface area (Å²) in [6, 6.07) is 63.6. The van der Waals surface area contributed by atoms with Crippen molar-refractivity contribution in [2.45, 2.75) is 12.8 Å². The first-order valence-corrected chi connectivity index (χ1v) is 40.0. The summed E-state index contributed by atoms with van der Waals surface area (Å²) < 4.78 is 9.45. The number of nitrogen functional groups attached to an aromatic ring is 4. The molecule has 0 bridgehead atoms. The number of hydrogen-bond acceptors (Lipinski definition) is 22. The molecule has 0 aromatic heterocycles. The van der Waals surface area contributed by atoms with Gasteiger partial charge < -0.3 is 32.4 Å². The minimum Gasteiger partial charge on any atom is -0.399 e. The van der Waals surface area contributed by atoms with Crippen LogP contribution in [-0.4, -0.2) is 87.2 Å². The molecular weight excluding hydrogens is 1760 g/mol. The average molecular weight is 1820 g/mol. The molecule has 1 fully saturated rings. The van der Waals surface area contributed by atoms with E-state index in [0.29, 0.717) is 66.2 Å². The smallest absolute Gasteiger partial charge is 0.346 e. The summed E-state index contributed by atoms with van der Waals surface area (Å²) in [7, 11) is 0. The van der Waals surface area contributed by atoms with Gasteiger partial charge >= 0.3 is 11.9 Å². The first-order valence-electron chi connectivity index (χ1n) is 37.8. The topological polar surface area (TPSA) is 436 Å². The molecule has 13 aromatic carbocycles. The number of nitrogens with two attached hydrogens (primary N) is 4. The lowest BCUT2D eigenvalue weighted by molar-refractivity contribution is -0.385. The van der Waals surface area contributed by atoms with Crippen molar-refractivity contribution in [3.05, 3.63) is 365 Å². The number of nitrogens with zero attached hydrogens (tertiary/aromatic N) is 7. The van der Waals surface area contributed by atoms with Crippen LogP contribution >= 0.6 is 69.6 Å². The SMILES string of the molecule is C1CCOC1.Nc1cc(Cl)c(N)cc1Cl.Nc1ccc(-c2ccc3c(c2)C(=O)N(c2cc(Cl)c(N4C(=O)c5ccc(-c6ccc(N)cc6)cc5C4=O)cc2Cl)C3=O)cc1.O=C1OC(=O)c2cc(-c3ccc([N+](=O)[O-])cc3)ccc21.O=C1c2ccc(-c3ccc([N+](=O)[O-])cc3)cc2C(=O)N1c1cc(Cl)c(N2C(=O)c3ccc(-c4ccc([N+](=O)[O-])cc4)cc3C2=O)cc1Cl. The van der Waals surface area contributed by atoms with Gasteiger partial charge in [-0.3, -0.25) is 68.7 Å². The normalized spacial score (nSPS) is 13.7. The van der Waals surface area contributed by atoms with E-state index in [1.54, 1.807) is 97.1 Å². The average Bonchev–Trinajstić information content (AvgIpc) is 1.59. The first kappa shape index (κ1) is 86.6. The van der Waals surface area contributed by atoms with Crippen LogP contribution in [0.2, 0.25) is 30.1 Å². The van der Waals surface area contributed by atoms with Crippen molar-refractivity contribution in [1.82, 2.24) is 0 Å². The monoisotopic (exact) mass is 1810 g/mol. The maximum atomic E-state index is 13.6. The number of carbonyl (C=O) groups is 10. The van der Waals surface area contributed by atoms with Crippen LogP contribution < -0.4 is 42.5 Å². The zero-order valence-electron chi connectivity index (χ0n) is 65.1. The van der Waals surface area contributed by atoms with E-state index >= 15 is 0 Å². The van der Waals surface area contributed by atoms with Gasteiger partial charge in [-0.25, -0.2) is 29.2 Å². The number of rotatable bonds is 12. The van der Waals surface area contributed by atoms with Crippen molar-refractivity contribution < 1.29 is 72.2 Å². The molecule has 1 saturated heterocycles. The second kappa shape index (κ2) is 35.5. The van der Waals surface area contributed by atoms with E-state index in [1.165, 1.54) is 140 Å². The van der Waals surface area contributed by atoms with Crippen molar-refractivity contribution in [1.29, 1.82) is 0 Å². The molecule has 0 saturated carbocycles. The molecule has 0 spiro atoms. The van der Waals surface area contributed by atoms with Gasteiger partial charge in [-0.2, -0.15) is 0 Å². The highest BCUT2D eigenvalue weighted by atomic mass is 35.5. The molecule has 6 aliphatic rings. The van der Waals surface area contributed by atoms with Gasteiger partial charge in [0.05, 0.1) is 135 Å². The van der Waals surface area contributed by atoms with Crippen molar-refractivity contribution in [3.63, 3.8) is 0 Å². The second-order valence-electron chi connectivity index (χ2n) is 28.6. The number of imide groups is 4. The van der Waals surface area contributed by atoms with E-state index in [2.05, 4.69) is 4.74 Å². The quantitative estimate of drug-likeness (QED) is 0.0220. The molecule has 6 heterocycles. The molecule has 6 aliphatic heterocycles. The molecule has 8 N–H and O–H groups in total. The number of ether oxygens (including phenoxy) is 2. The number of nitro groups is 3. The van der Waals surface area contributed by atoms with Crippen LogP contribution in [0.25, 0.3) is 55.6 Å². The highest BCUT2D eigenvalue weighted by Crippen LogP contribution is 2.47. The summed E-state index contributed by atoms with van der Waals surface area (Å²) in [4.78, 5) is 165. The Labute approximate surface area is 747 Å². The summed E-state index contributed by atoms with van der Waals surface area (Å²) >= 11 is 37.7. The van der Waals surface area contributed by atoms with Gasteiger partial charge in [-0.05, 0) is 226 Å². The molecule has 13 aromatic rings. The van der Waals surface area contributed by atoms with E-state index in [9.17, 15) is 78.3 Å². The number of cyclic esters (lactones) is 2. The number of fused-ring (bicyclic) bond motifs is 5. The second-order valence-corrected chi connectivity index (χ2v) is 31.1. The standard InChI is InChI=1S/C34H16Cl2N4O8.C34H20Cl2N4O4.C14H7NO5.C6H6Cl2N2.C4H8O/c35-27-16-30(38-32(42)24-12-6-20(14-26(24)34(38)44)18-3-9-22(10-4-18)40(47)48)28(36)15-29(27)37-31(41)23-11-5-19(13-25(23)33(37)43)17-1-7-21(8-2-17)39(45)46;35-27-16-30(40-32(42)24-12-6-20(14-26(24)34(40)44)18-3-9-22(38)10-4-18)28(36)15-29(27)39-31(41)23-11-5-19(13-25(23)33(39)43)17-1-7-21(37)8-2-17;16-13-11-6-3-9(7-12(11)14(17)20-13)8-1-4-10(5-2-8)15(18)19;7-3-1-5(9)4(8)2-6(3)10;1-2-4-5-3-1/h1-16H;1-16H,37-38H2;1-7H;1-2H,9-10H2;1-4H2. The zero-order valence-corrected chi connectivity index (χ0v) is 69.6. The van der Waals surface area contributed by atoms with Gasteiger partial charge in [-0.15, -0.1) is 0 Å². The Balaban J connectivity index is 0.000000143. The fourth-order valence-corrected chi connectivity index (χ4v) is 15.6. The van der Waals surface area contributed by atoms with Gasteiger partial charge in [0.2, 0.25) is 0 Å². The molecule has 630 valence electrons. The predicted octanol–water partition coefficient (Wildman–Crippen LogP) is 20.4. The number of anilines is 8. The van der Waals surface area contributed by atoms with Crippen LogP contribution in [0, 0.1) is 30.3 Å². The molecule has 0 aliphatic carbocycles. The van der Waals surface area contributed by atoms with E-state index in [-0.39, 0.29) is 116 Å². The van der Waals surface area contributed by atoms with Crippen LogP contribution in [-0.2, 0) is 9.47 Å². The van der Waals surface area contributed by atoms with Crippen LogP contribution in [0.5, 0.6) is 0 Å². The summed E-state index contributed by atoms with van der Waals surface area (Å²) in [6.07, 6.45) is 2.56. The minimum atomic E-state index is -0.691. The number of amides is 8. The fraction of sp³-hybridized carbons (Fsp3) is 0.0435. The van der Waals surface area contributed by atoms with Crippen LogP contribution in [0.1, 0.15) is 116 Å². The Hall–Kier alpha value is -15.3. The lowest BCUT2D eigenvalue weighted by Crippen LogP contribution is -2.31.